The molecule has 0 spiro atoms. The van der Waals surface area contributed by atoms with Gasteiger partial charge in [-0.3, -0.25) is 14.4 Å². The van der Waals surface area contributed by atoms with E-state index in [1.807, 2.05) is 0 Å². The molecule has 0 fully saturated rings. The molecule has 2 amide bonds. The van der Waals surface area contributed by atoms with Crippen LogP contribution in [0, 0.1) is 11.6 Å². The number of methoxy groups -OCH3 is 1. The van der Waals surface area contributed by atoms with Gasteiger partial charge in [0, 0.05) is 22.9 Å². The summed E-state index contributed by atoms with van der Waals surface area (Å²) in [6, 6.07) is 9.25. The molecule has 2 N–H and O–H groups in total. The minimum absolute atomic E-state index is 0.259. The maximum atomic E-state index is 13.5. The molecule has 0 saturated carbocycles. The Labute approximate surface area is 153 Å². The number of ether oxygens (including phenoxy) is 1. The molecule has 0 bridgehead atoms. The lowest BCUT2D eigenvalue weighted by atomic mass is 10.1. The van der Waals surface area contributed by atoms with E-state index >= 15 is 0 Å². The average Bonchev–Trinajstić information content (AvgIpc) is 2.66. The van der Waals surface area contributed by atoms with Gasteiger partial charge in [0.15, 0.2) is 0 Å². The standard InChI is InChI=1S/C19H16F2N2O4/c1-27-18(25)11-22-19(26)12-5-7-13(8-6-12)23-17(24)10-9-14-15(20)3-2-4-16(14)21/h2-10H,11H2,1H3,(H,22,26)(H,23,24). The lowest BCUT2D eigenvalue weighted by Crippen LogP contribution is -2.30. The molecule has 27 heavy (non-hydrogen) atoms. The Morgan fingerprint density at radius 1 is 1.04 bits per heavy atom. The van der Waals surface area contributed by atoms with Crippen molar-refractivity contribution >= 4 is 29.5 Å². The summed E-state index contributed by atoms with van der Waals surface area (Å²) in [5, 5.41) is 4.88. The predicted molar refractivity (Wildman–Crippen MR) is 94.8 cm³/mol. The number of carbonyl (C=O) groups excluding carboxylic acids is 3. The Hall–Kier alpha value is -3.55. The van der Waals surface area contributed by atoms with Crippen molar-refractivity contribution in [2.24, 2.45) is 0 Å². The summed E-state index contributed by atoms with van der Waals surface area (Å²) in [6.07, 6.45) is 2.03. The van der Waals surface area contributed by atoms with E-state index in [0.717, 1.165) is 24.3 Å². The van der Waals surface area contributed by atoms with E-state index in [4.69, 9.17) is 0 Å². The summed E-state index contributed by atoms with van der Waals surface area (Å²) in [6.45, 7) is -0.259. The lowest BCUT2D eigenvalue weighted by molar-refractivity contribution is -0.139. The minimum Gasteiger partial charge on any atom is -0.468 e. The molecular formula is C19H16F2N2O4. The Kier molecular flexibility index (Phi) is 6.76. The Morgan fingerprint density at radius 2 is 1.67 bits per heavy atom. The van der Waals surface area contributed by atoms with Crippen molar-refractivity contribution in [3.8, 4) is 0 Å². The first-order valence-electron chi connectivity index (χ1n) is 7.79. The summed E-state index contributed by atoms with van der Waals surface area (Å²) in [5.74, 6) is -3.21. The highest BCUT2D eigenvalue weighted by atomic mass is 19.1. The van der Waals surface area contributed by atoms with E-state index in [9.17, 15) is 23.2 Å². The van der Waals surface area contributed by atoms with E-state index in [2.05, 4.69) is 15.4 Å². The van der Waals surface area contributed by atoms with Gasteiger partial charge >= 0.3 is 5.97 Å². The smallest absolute Gasteiger partial charge is 0.325 e. The first kappa shape index (κ1) is 19.8. The van der Waals surface area contributed by atoms with Crippen LogP contribution in [-0.4, -0.2) is 31.4 Å². The topological polar surface area (TPSA) is 84.5 Å². The summed E-state index contributed by atoms with van der Waals surface area (Å²) in [5.41, 5.74) is 0.342. The van der Waals surface area contributed by atoms with Crippen molar-refractivity contribution in [3.05, 3.63) is 71.3 Å². The molecule has 8 heteroatoms. The number of amides is 2. The number of hydrogen-bond donors (Lipinski definition) is 2. The van der Waals surface area contributed by atoms with Crippen LogP contribution in [0.2, 0.25) is 0 Å². The molecule has 0 aliphatic rings. The van der Waals surface area contributed by atoms with Crippen LogP contribution in [0.1, 0.15) is 15.9 Å². The summed E-state index contributed by atoms with van der Waals surface area (Å²) in [7, 11) is 1.21. The second-order valence-electron chi connectivity index (χ2n) is 5.29. The molecule has 0 aliphatic heterocycles. The molecule has 0 heterocycles. The average molecular weight is 374 g/mol. The van der Waals surface area contributed by atoms with Crippen LogP contribution in [0.15, 0.2) is 48.5 Å². The number of hydrogen-bond acceptors (Lipinski definition) is 4. The van der Waals surface area contributed by atoms with Crippen LogP contribution in [0.3, 0.4) is 0 Å². The molecule has 6 nitrogen and oxygen atoms in total. The molecule has 140 valence electrons. The lowest BCUT2D eigenvalue weighted by Gasteiger charge is -2.06. The molecule has 0 atom stereocenters. The second-order valence-corrected chi connectivity index (χ2v) is 5.29. The number of nitrogens with one attached hydrogen (secondary N) is 2. The molecule has 0 saturated heterocycles. The van der Waals surface area contributed by atoms with Gasteiger partial charge < -0.3 is 15.4 Å². The summed E-state index contributed by atoms with van der Waals surface area (Å²) in [4.78, 5) is 34.7. The molecule has 0 radical (unpaired) electrons. The molecule has 2 rings (SSSR count). The molecular weight excluding hydrogens is 358 g/mol. The van der Waals surface area contributed by atoms with Crippen molar-refractivity contribution < 1.29 is 27.9 Å². The summed E-state index contributed by atoms with van der Waals surface area (Å²) >= 11 is 0. The molecule has 0 aromatic heterocycles. The number of anilines is 1. The van der Waals surface area contributed by atoms with Gasteiger partial charge in [0.1, 0.15) is 18.2 Å². The monoisotopic (exact) mass is 374 g/mol. The van der Waals surface area contributed by atoms with Crippen molar-refractivity contribution in [2.45, 2.75) is 0 Å². The van der Waals surface area contributed by atoms with Crippen molar-refractivity contribution in [2.75, 3.05) is 19.0 Å². The van der Waals surface area contributed by atoms with Crippen LogP contribution >= 0.6 is 0 Å². The highest BCUT2D eigenvalue weighted by molar-refractivity contribution is 6.02. The maximum absolute atomic E-state index is 13.5. The van der Waals surface area contributed by atoms with Crippen molar-refractivity contribution in [1.82, 2.24) is 5.32 Å². The number of rotatable bonds is 6. The van der Waals surface area contributed by atoms with Crippen LogP contribution in [0.5, 0.6) is 0 Å². The number of halogens is 2. The highest BCUT2D eigenvalue weighted by Crippen LogP contribution is 2.14. The van der Waals surface area contributed by atoms with Gasteiger partial charge in [-0.05, 0) is 42.5 Å². The maximum Gasteiger partial charge on any atom is 0.325 e. The Bertz CT molecular complexity index is 860. The largest absolute Gasteiger partial charge is 0.468 e. The van der Waals surface area contributed by atoms with E-state index in [-0.39, 0.29) is 17.7 Å². The van der Waals surface area contributed by atoms with Crippen LogP contribution < -0.4 is 10.6 Å². The second kappa shape index (κ2) is 9.23. The fraction of sp³-hybridized carbons (Fsp3) is 0.105. The SMILES string of the molecule is COC(=O)CNC(=O)c1ccc(NC(=O)C=Cc2c(F)cccc2F)cc1. The quantitative estimate of drug-likeness (QED) is 0.601. The van der Waals surface area contributed by atoms with Crippen LogP contribution in [0.25, 0.3) is 6.08 Å². The van der Waals surface area contributed by atoms with Crippen LogP contribution in [0.4, 0.5) is 14.5 Å². The normalized spacial score (nSPS) is 10.5. The third-order valence-electron chi connectivity index (χ3n) is 3.44. The van der Waals surface area contributed by atoms with Crippen LogP contribution in [-0.2, 0) is 14.3 Å². The molecule has 2 aromatic carbocycles. The van der Waals surface area contributed by atoms with Gasteiger partial charge in [-0.25, -0.2) is 8.78 Å². The number of benzene rings is 2. The third kappa shape index (κ3) is 5.74. The van der Waals surface area contributed by atoms with Gasteiger partial charge in [-0.2, -0.15) is 0 Å². The van der Waals surface area contributed by atoms with E-state index in [0.29, 0.717) is 5.69 Å². The first-order chi connectivity index (χ1) is 12.9. The van der Waals surface area contributed by atoms with Gasteiger partial charge in [0.05, 0.1) is 7.11 Å². The van der Waals surface area contributed by atoms with Crippen molar-refractivity contribution in [1.29, 1.82) is 0 Å². The fourth-order valence-corrected chi connectivity index (χ4v) is 2.04. The van der Waals surface area contributed by atoms with E-state index in [1.165, 1.54) is 37.4 Å². The van der Waals surface area contributed by atoms with E-state index in [1.54, 1.807) is 0 Å². The molecule has 2 aromatic rings. The Morgan fingerprint density at radius 3 is 2.26 bits per heavy atom. The third-order valence-corrected chi connectivity index (χ3v) is 3.44. The summed E-state index contributed by atoms with van der Waals surface area (Å²) < 4.78 is 31.4. The van der Waals surface area contributed by atoms with Crippen molar-refractivity contribution in [3.63, 3.8) is 0 Å². The molecule has 0 unspecified atom stereocenters. The zero-order valence-corrected chi connectivity index (χ0v) is 14.3. The zero-order valence-electron chi connectivity index (χ0n) is 14.3. The number of carbonyl (C=O) groups is 3. The van der Waals surface area contributed by atoms with Gasteiger partial charge in [0.25, 0.3) is 5.91 Å². The first-order valence-corrected chi connectivity index (χ1v) is 7.79. The van der Waals surface area contributed by atoms with E-state index < -0.39 is 29.4 Å². The van der Waals surface area contributed by atoms with Gasteiger partial charge in [0.2, 0.25) is 5.91 Å². The number of esters is 1. The van der Waals surface area contributed by atoms with Gasteiger partial charge in [-0.1, -0.05) is 6.07 Å². The highest BCUT2D eigenvalue weighted by Gasteiger charge is 2.09. The molecule has 0 aliphatic carbocycles. The van der Waals surface area contributed by atoms with Gasteiger partial charge in [-0.15, -0.1) is 0 Å². The minimum atomic E-state index is -0.777. The predicted octanol–water partition coefficient (Wildman–Crippen LogP) is 2.52. The zero-order chi connectivity index (χ0) is 19.8. The fourth-order valence-electron chi connectivity index (χ4n) is 2.04. The Balaban J connectivity index is 1.95.